The molecule has 22 heavy (non-hydrogen) atoms. The van der Waals surface area contributed by atoms with Crippen molar-refractivity contribution in [2.75, 3.05) is 20.2 Å². The van der Waals surface area contributed by atoms with Crippen LogP contribution in [0.25, 0.3) is 0 Å². The summed E-state index contributed by atoms with van der Waals surface area (Å²) in [6, 6.07) is 7.20. The summed E-state index contributed by atoms with van der Waals surface area (Å²) in [7, 11) is 1.40. The highest BCUT2D eigenvalue weighted by Gasteiger charge is 2.28. The molecule has 1 aliphatic rings. The van der Waals surface area contributed by atoms with E-state index in [-0.39, 0.29) is 23.9 Å². The fraction of sp³-hybridized carbons (Fsp3) is 0.529. The summed E-state index contributed by atoms with van der Waals surface area (Å²) in [6.45, 7) is 5.10. The first kappa shape index (κ1) is 16.3. The zero-order valence-electron chi connectivity index (χ0n) is 13.4. The second kappa shape index (κ2) is 7.29. The smallest absolute Gasteiger partial charge is 0.308 e. The van der Waals surface area contributed by atoms with Gasteiger partial charge in [0.05, 0.1) is 19.1 Å². The molecule has 1 amide bonds. The lowest BCUT2D eigenvalue weighted by molar-refractivity contribution is -0.146. The van der Waals surface area contributed by atoms with E-state index in [4.69, 9.17) is 9.47 Å². The first-order valence-electron chi connectivity index (χ1n) is 7.65. The molecule has 1 aliphatic heterocycles. The SMILES string of the molecule is COC(=O)C1CCN(C(=O)c2ccc(OC(C)C)cc2)CC1. The number of carbonyl (C=O) groups excluding carboxylic acids is 2. The van der Waals surface area contributed by atoms with Gasteiger partial charge in [-0.1, -0.05) is 0 Å². The molecule has 0 saturated carbocycles. The molecule has 2 rings (SSSR count). The van der Waals surface area contributed by atoms with Crippen LogP contribution in [-0.4, -0.2) is 43.1 Å². The maximum atomic E-state index is 12.4. The molecular weight excluding hydrogens is 282 g/mol. The average molecular weight is 305 g/mol. The highest BCUT2D eigenvalue weighted by molar-refractivity contribution is 5.94. The minimum atomic E-state index is -0.178. The molecule has 5 nitrogen and oxygen atoms in total. The largest absolute Gasteiger partial charge is 0.491 e. The van der Waals surface area contributed by atoms with Crippen LogP contribution in [0.15, 0.2) is 24.3 Å². The highest BCUT2D eigenvalue weighted by Crippen LogP contribution is 2.21. The van der Waals surface area contributed by atoms with Crippen LogP contribution in [0.4, 0.5) is 0 Å². The molecule has 0 aromatic heterocycles. The van der Waals surface area contributed by atoms with Crippen molar-refractivity contribution in [3.63, 3.8) is 0 Å². The summed E-state index contributed by atoms with van der Waals surface area (Å²) in [5.74, 6) is 0.494. The fourth-order valence-electron chi connectivity index (χ4n) is 2.62. The van der Waals surface area contributed by atoms with E-state index < -0.39 is 0 Å². The lowest BCUT2D eigenvalue weighted by atomic mass is 9.96. The third-order valence-electron chi connectivity index (χ3n) is 3.79. The Bertz CT molecular complexity index is 516. The van der Waals surface area contributed by atoms with Gasteiger partial charge >= 0.3 is 5.97 Å². The second-order valence-electron chi connectivity index (χ2n) is 5.78. The zero-order chi connectivity index (χ0) is 16.1. The van der Waals surface area contributed by atoms with Crippen LogP contribution >= 0.6 is 0 Å². The molecule has 5 heteroatoms. The number of amides is 1. The number of carbonyl (C=O) groups is 2. The van der Waals surface area contributed by atoms with Crippen molar-refractivity contribution in [1.29, 1.82) is 0 Å². The Morgan fingerprint density at radius 1 is 1.14 bits per heavy atom. The Morgan fingerprint density at radius 2 is 1.73 bits per heavy atom. The van der Waals surface area contributed by atoms with Gasteiger partial charge in [0.1, 0.15) is 5.75 Å². The average Bonchev–Trinajstić information content (AvgIpc) is 2.54. The van der Waals surface area contributed by atoms with Crippen LogP contribution in [0, 0.1) is 5.92 Å². The van der Waals surface area contributed by atoms with Crippen molar-refractivity contribution >= 4 is 11.9 Å². The van der Waals surface area contributed by atoms with Gasteiger partial charge in [-0.15, -0.1) is 0 Å². The van der Waals surface area contributed by atoms with Gasteiger partial charge in [-0.2, -0.15) is 0 Å². The summed E-state index contributed by atoms with van der Waals surface area (Å²) in [5, 5.41) is 0. The van der Waals surface area contributed by atoms with Crippen LogP contribution in [-0.2, 0) is 9.53 Å². The number of esters is 1. The third kappa shape index (κ3) is 4.00. The predicted molar refractivity (Wildman–Crippen MR) is 82.8 cm³/mol. The molecule has 120 valence electrons. The van der Waals surface area contributed by atoms with E-state index in [1.165, 1.54) is 7.11 Å². The summed E-state index contributed by atoms with van der Waals surface area (Å²) in [5.41, 5.74) is 0.646. The molecule has 0 unspecified atom stereocenters. The molecule has 1 fully saturated rings. The van der Waals surface area contributed by atoms with Gasteiger partial charge in [-0.3, -0.25) is 9.59 Å². The van der Waals surface area contributed by atoms with Crippen LogP contribution in [0.1, 0.15) is 37.0 Å². The maximum absolute atomic E-state index is 12.4. The van der Waals surface area contributed by atoms with E-state index in [0.717, 1.165) is 5.75 Å². The van der Waals surface area contributed by atoms with Crippen molar-refractivity contribution in [2.45, 2.75) is 32.8 Å². The molecule has 0 radical (unpaired) electrons. The Kier molecular flexibility index (Phi) is 5.41. The van der Waals surface area contributed by atoms with Crippen LogP contribution < -0.4 is 4.74 Å². The Hall–Kier alpha value is -2.04. The van der Waals surface area contributed by atoms with Crippen molar-refractivity contribution in [1.82, 2.24) is 4.90 Å². The molecule has 0 spiro atoms. The van der Waals surface area contributed by atoms with Crippen LogP contribution in [0.2, 0.25) is 0 Å². The van der Waals surface area contributed by atoms with E-state index in [2.05, 4.69) is 0 Å². The monoisotopic (exact) mass is 305 g/mol. The van der Waals surface area contributed by atoms with Gasteiger partial charge in [-0.05, 0) is 51.0 Å². The van der Waals surface area contributed by atoms with E-state index in [9.17, 15) is 9.59 Å². The molecule has 1 saturated heterocycles. The highest BCUT2D eigenvalue weighted by atomic mass is 16.5. The maximum Gasteiger partial charge on any atom is 0.308 e. The van der Waals surface area contributed by atoms with E-state index in [0.29, 0.717) is 31.5 Å². The van der Waals surface area contributed by atoms with Gasteiger partial charge in [0.25, 0.3) is 5.91 Å². The van der Waals surface area contributed by atoms with Crippen molar-refractivity contribution in [3.05, 3.63) is 29.8 Å². The van der Waals surface area contributed by atoms with Gasteiger partial charge in [0.2, 0.25) is 0 Å². The predicted octanol–water partition coefficient (Wildman–Crippen LogP) is 2.50. The topological polar surface area (TPSA) is 55.8 Å². The quantitative estimate of drug-likeness (QED) is 0.802. The van der Waals surface area contributed by atoms with Crippen molar-refractivity contribution in [3.8, 4) is 5.75 Å². The van der Waals surface area contributed by atoms with Gasteiger partial charge in [-0.25, -0.2) is 0 Å². The molecule has 1 heterocycles. The summed E-state index contributed by atoms with van der Waals surface area (Å²) in [4.78, 5) is 25.7. The normalized spacial score (nSPS) is 15.7. The lowest BCUT2D eigenvalue weighted by Gasteiger charge is -2.30. The number of ether oxygens (including phenoxy) is 2. The first-order chi connectivity index (χ1) is 10.5. The number of nitrogens with zero attached hydrogens (tertiary/aromatic N) is 1. The Balaban J connectivity index is 1.93. The minimum Gasteiger partial charge on any atom is -0.491 e. The minimum absolute atomic E-state index is 0.000544. The van der Waals surface area contributed by atoms with Crippen LogP contribution in [0.3, 0.4) is 0 Å². The van der Waals surface area contributed by atoms with Crippen molar-refractivity contribution < 1.29 is 19.1 Å². The molecule has 1 aromatic carbocycles. The molecule has 0 N–H and O–H groups in total. The van der Waals surface area contributed by atoms with E-state index in [1.54, 1.807) is 17.0 Å². The van der Waals surface area contributed by atoms with Crippen molar-refractivity contribution in [2.24, 2.45) is 5.92 Å². The zero-order valence-corrected chi connectivity index (χ0v) is 13.4. The van der Waals surface area contributed by atoms with E-state index >= 15 is 0 Å². The van der Waals surface area contributed by atoms with Gasteiger partial charge in [0, 0.05) is 18.7 Å². The van der Waals surface area contributed by atoms with Crippen LogP contribution in [0.5, 0.6) is 5.75 Å². The standard InChI is InChI=1S/C17H23NO4/c1-12(2)22-15-6-4-13(5-7-15)16(19)18-10-8-14(9-11-18)17(20)21-3/h4-7,12,14H,8-11H2,1-3H3. The van der Waals surface area contributed by atoms with Gasteiger partial charge in [0.15, 0.2) is 0 Å². The fourth-order valence-corrected chi connectivity index (χ4v) is 2.62. The van der Waals surface area contributed by atoms with Gasteiger partial charge < -0.3 is 14.4 Å². The summed E-state index contributed by atoms with van der Waals surface area (Å²) >= 11 is 0. The number of rotatable bonds is 4. The third-order valence-corrected chi connectivity index (χ3v) is 3.79. The Morgan fingerprint density at radius 3 is 2.23 bits per heavy atom. The number of hydrogen-bond acceptors (Lipinski definition) is 4. The number of likely N-dealkylation sites (tertiary alicyclic amines) is 1. The molecule has 1 aromatic rings. The summed E-state index contributed by atoms with van der Waals surface area (Å²) in [6.07, 6.45) is 1.43. The molecular formula is C17H23NO4. The Labute approximate surface area is 131 Å². The molecule has 0 aliphatic carbocycles. The first-order valence-corrected chi connectivity index (χ1v) is 7.65. The van der Waals surface area contributed by atoms with E-state index in [1.807, 2.05) is 26.0 Å². The number of benzene rings is 1. The number of hydrogen-bond donors (Lipinski definition) is 0. The summed E-state index contributed by atoms with van der Waals surface area (Å²) < 4.78 is 10.3. The number of piperidine rings is 1. The second-order valence-corrected chi connectivity index (χ2v) is 5.78. The lowest BCUT2D eigenvalue weighted by Crippen LogP contribution is -2.40. The number of methoxy groups -OCH3 is 1. The molecule has 0 bridgehead atoms. The molecule has 0 atom stereocenters.